The van der Waals surface area contributed by atoms with Gasteiger partial charge in [-0.25, -0.2) is 4.98 Å². The van der Waals surface area contributed by atoms with Crippen LogP contribution < -0.4 is 5.56 Å². The molecule has 0 aliphatic carbocycles. The van der Waals surface area contributed by atoms with Gasteiger partial charge in [0.15, 0.2) is 0 Å². The molecule has 3 rings (SSSR count). The highest BCUT2D eigenvalue weighted by Crippen LogP contribution is 2.24. The van der Waals surface area contributed by atoms with Gasteiger partial charge in [0.1, 0.15) is 5.82 Å². The number of halogens is 2. The number of nitrogens with one attached hydrogen (secondary N) is 1. The number of H-pyrrole nitrogens is 1. The van der Waals surface area contributed by atoms with Crippen LogP contribution in [-0.2, 0) is 19.5 Å². The summed E-state index contributed by atoms with van der Waals surface area (Å²) in [7, 11) is 0. The second kappa shape index (κ2) is 5.79. The number of rotatable bonds is 2. The first-order valence-corrected chi connectivity index (χ1v) is 7.53. The number of fused-ring (bicyclic) bond motifs is 1. The molecule has 2 heterocycles. The number of hydrogen-bond acceptors (Lipinski definition) is 3. The molecular weight excluding hydrogens is 309 g/mol. The average molecular weight is 324 g/mol. The molecule has 4 nitrogen and oxygen atoms in total. The van der Waals surface area contributed by atoms with Gasteiger partial charge in [0.05, 0.1) is 15.7 Å². The van der Waals surface area contributed by atoms with Crippen molar-refractivity contribution in [1.29, 1.82) is 0 Å². The maximum atomic E-state index is 11.9. The summed E-state index contributed by atoms with van der Waals surface area (Å²) < 4.78 is 0. The Morgan fingerprint density at radius 1 is 1.33 bits per heavy atom. The fraction of sp³-hybridized carbons (Fsp3) is 0.333. The quantitative estimate of drug-likeness (QED) is 0.924. The third-order valence-corrected chi connectivity index (χ3v) is 4.40. The predicted octanol–water partition coefficient (Wildman–Crippen LogP) is 2.94. The van der Waals surface area contributed by atoms with Crippen LogP contribution in [0.2, 0.25) is 10.0 Å². The van der Waals surface area contributed by atoms with Crippen LogP contribution in [-0.4, -0.2) is 21.4 Å². The molecule has 1 aromatic carbocycles. The Labute approximate surface area is 132 Å². The summed E-state index contributed by atoms with van der Waals surface area (Å²) in [6.45, 7) is 4.09. The molecule has 0 saturated heterocycles. The minimum atomic E-state index is -0.00770. The fourth-order valence-corrected chi connectivity index (χ4v) is 2.97. The van der Waals surface area contributed by atoms with Gasteiger partial charge >= 0.3 is 0 Å². The standard InChI is InChI=1S/C15H15Cl2N3O/c1-9-18-14-8-20(5-4-11(14)15(21)19-9)7-10-2-3-12(16)13(17)6-10/h2-3,6H,4-5,7-8H2,1H3,(H,18,19,21). The van der Waals surface area contributed by atoms with Crippen LogP contribution in [0.25, 0.3) is 0 Å². The Morgan fingerprint density at radius 2 is 2.14 bits per heavy atom. The van der Waals surface area contributed by atoms with Crippen molar-refractivity contribution in [3.63, 3.8) is 0 Å². The van der Waals surface area contributed by atoms with Gasteiger partial charge in [0.2, 0.25) is 0 Å². The molecule has 110 valence electrons. The number of benzene rings is 1. The summed E-state index contributed by atoms with van der Waals surface area (Å²) in [4.78, 5) is 21.4. The van der Waals surface area contributed by atoms with Crippen molar-refractivity contribution in [2.24, 2.45) is 0 Å². The molecule has 2 aromatic rings. The molecule has 0 radical (unpaired) electrons. The maximum absolute atomic E-state index is 11.9. The lowest BCUT2D eigenvalue weighted by atomic mass is 10.1. The van der Waals surface area contributed by atoms with E-state index in [2.05, 4.69) is 14.9 Å². The third-order valence-electron chi connectivity index (χ3n) is 3.66. The number of nitrogens with zero attached hydrogens (tertiary/aromatic N) is 2. The lowest BCUT2D eigenvalue weighted by molar-refractivity contribution is 0.240. The van der Waals surface area contributed by atoms with Gasteiger partial charge in [-0.3, -0.25) is 9.69 Å². The number of aromatic amines is 1. The highest BCUT2D eigenvalue weighted by atomic mass is 35.5. The largest absolute Gasteiger partial charge is 0.311 e. The lowest BCUT2D eigenvalue weighted by Crippen LogP contribution is -2.35. The summed E-state index contributed by atoms with van der Waals surface area (Å²) in [6.07, 6.45) is 0.721. The summed E-state index contributed by atoms with van der Waals surface area (Å²) >= 11 is 12.0. The SMILES string of the molecule is Cc1nc2c(c(=O)[nH]1)CCN(Cc1ccc(Cl)c(Cl)c1)C2. The molecule has 0 saturated carbocycles. The monoisotopic (exact) mass is 323 g/mol. The van der Waals surface area contributed by atoms with E-state index in [9.17, 15) is 4.79 Å². The summed E-state index contributed by atoms with van der Waals surface area (Å²) in [5, 5.41) is 1.13. The molecule has 0 atom stereocenters. The molecule has 6 heteroatoms. The minimum Gasteiger partial charge on any atom is -0.311 e. The Balaban J connectivity index is 1.80. The first-order chi connectivity index (χ1) is 10.0. The normalized spacial score (nSPS) is 15.0. The molecule has 0 bridgehead atoms. The molecule has 1 aromatic heterocycles. The van der Waals surface area contributed by atoms with E-state index < -0.39 is 0 Å². The molecule has 0 amide bonds. The van der Waals surface area contributed by atoms with Crippen molar-refractivity contribution >= 4 is 23.2 Å². The van der Waals surface area contributed by atoms with Gasteiger partial charge in [0, 0.05) is 25.2 Å². The predicted molar refractivity (Wildman–Crippen MR) is 83.9 cm³/mol. The van der Waals surface area contributed by atoms with Crippen molar-refractivity contribution in [2.45, 2.75) is 26.4 Å². The van der Waals surface area contributed by atoms with Crippen LogP contribution >= 0.6 is 23.2 Å². The summed E-state index contributed by atoms with van der Waals surface area (Å²) in [5.41, 5.74) is 2.79. The van der Waals surface area contributed by atoms with Crippen LogP contribution in [0.1, 0.15) is 22.6 Å². The highest BCUT2D eigenvalue weighted by Gasteiger charge is 2.20. The van der Waals surface area contributed by atoms with Crippen molar-refractivity contribution in [3.8, 4) is 0 Å². The highest BCUT2D eigenvalue weighted by molar-refractivity contribution is 6.42. The molecule has 21 heavy (non-hydrogen) atoms. The zero-order valence-corrected chi connectivity index (χ0v) is 13.1. The Kier molecular flexibility index (Phi) is 4.02. The zero-order valence-electron chi connectivity index (χ0n) is 11.6. The smallest absolute Gasteiger partial charge is 0.254 e. The fourth-order valence-electron chi connectivity index (χ4n) is 2.65. The summed E-state index contributed by atoms with van der Waals surface area (Å²) in [5.74, 6) is 0.662. The Morgan fingerprint density at radius 3 is 2.90 bits per heavy atom. The van der Waals surface area contributed by atoms with E-state index >= 15 is 0 Å². The van der Waals surface area contributed by atoms with E-state index in [1.807, 2.05) is 18.2 Å². The van der Waals surface area contributed by atoms with E-state index in [1.54, 1.807) is 6.92 Å². The van der Waals surface area contributed by atoms with Gasteiger partial charge in [0.25, 0.3) is 5.56 Å². The van der Waals surface area contributed by atoms with E-state index in [0.29, 0.717) is 22.4 Å². The van der Waals surface area contributed by atoms with Crippen molar-refractivity contribution in [2.75, 3.05) is 6.54 Å². The van der Waals surface area contributed by atoms with Crippen LogP contribution in [0.15, 0.2) is 23.0 Å². The van der Waals surface area contributed by atoms with E-state index in [1.165, 1.54) is 0 Å². The van der Waals surface area contributed by atoms with Crippen molar-refractivity contribution in [3.05, 3.63) is 61.2 Å². The average Bonchev–Trinajstić information content (AvgIpc) is 2.42. The third kappa shape index (κ3) is 3.12. The van der Waals surface area contributed by atoms with E-state index in [-0.39, 0.29) is 5.56 Å². The van der Waals surface area contributed by atoms with Crippen molar-refractivity contribution in [1.82, 2.24) is 14.9 Å². The van der Waals surface area contributed by atoms with Crippen LogP contribution in [0.3, 0.4) is 0 Å². The Hall–Kier alpha value is -1.36. The minimum absolute atomic E-state index is 0.00770. The zero-order chi connectivity index (χ0) is 15.0. The molecule has 0 fully saturated rings. The molecule has 1 N–H and O–H groups in total. The van der Waals surface area contributed by atoms with Gasteiger partial charge in [-0.2, -0.15) is 0 Å². The first-order valence-electron chi connectivity index (χ1n) is 6.78. The van der Waals surface area contributed by atoms with Gasteiger partial charge in [-0.1, -0.05) is 29.3 Å². The van der Waals surface area contributed by atoms with Crippen molar-refractivity contribution < 1.29 is 0 Å². The van der Waals surface area contributed by atoms with Crippen LogP contribution in [0, 0.1) is 6.92 Å². The molecule has 1 aliphatic rings. The van der Waals surface area contributed by atoms with Crippen LogP contribution in [0.4, 0.5) is 0 Å². The summed E-state index contributed by atoms with van der Waals surface area (Å²) in [6, 6.07) is 5.67. The topological polar surface area (TPSA) is 49.0 Å². The Bertz CT molecular complexity index is 742. The van der Waals surface area contributed by atoms with E-state index in [4.69, 9.17) is 23.2 Å². The molecule has 0 spiro atoms. The van der Waals surface area contributed by atoms with E-state index in [0.717, 1.165) is 36.3 Å². The second-order valence-corrected chi connectivity index (χ2v) is 6.10. The first kappa shape index (κ1) is 14.6. The van der Waals surface area contributed by atoms with Gasteiger partial charge in [-0.15, -0.1) is 0 Å². The maximum Gasteiger partial charge on any atom is 0.254 e. The molecule has 1 aliphatic heterocycles. The lowest BCUT2D eigenvalue weighted by Gasteiger charge is -2.27. The van der Waals surface area contributed by atoms with Gasteiger partial charge < -0.3 is 4.98 Å². The van der Waals surface area contributed by atoms with Crippen LogP contribution in [0.5, 0.6) is 0 Å². The number of aryl methyl sites for hydroxylation is 1. The number of aromatic nitrogens is 2. The second-order valence-electron chi connectivity index (χ2n) is 5.29. The number of hydrogen-bond donors (Lipinski definition) is 1. The molecule has 0 unspecified atom stereocenters. The van der Waals surface area contributed by atoms with Gasteiger partial charge in [-0.05, 0) is 31.0 Å². The molecular formula is C15H15Cl2N3O.